The molecule has 0 aliphatic heterocycles. The molecule has 0 aromatic carbocycles. The van der Waals surface area contributed by atoms with Crippen LogP contribution in [0.4, 0.5) is 0 Å². The molecule has 0 aliphatic carbocycles. The molecule has 0 aromatic heterocycles. The number of carboxylic acids is 1. The van der Waals surface area contributed by atoms with Gasteiger partial charge >= 0.3 is 5.97 Å². The highest BCUT2D eigenvalue weighted by atomic mass is 35.5. The molecule has 60 valence electrons. The second-order valence-electron chi connectivity index (χ2n) is 2.25. The topological polar surface area (TPSA) is 37.3 Å². The summed E-state index contributed by atoms with van der Waals surface area (Å²) in [7, 11) is 0. The number of halogens is 1. The third-order valence-corrected chi connectivity index (χ3v) is 1.54. The zero-order chi connectivity index (χ0) is 7.82. The van der Waals surface area contributed by atoms with Crippen molar-refractivity contribution in [2.45, 2.75) is 32.1 Å². The fourth-order valence-electron chi connectivity index (χ4n) is 0.724. The molecule has 0 saturated carbocycles. The molecule has 0 fully saturated rings. The minimum atomic E-state index is -0.703. The van der Waals surface area contributed by atoms with Gasteiger partial charge in [0.25, 0.3) is 0 Å². The number of hydrogen-bond acceptors (Lipinski definition) is 1. The number of rotatable bonds is 6. The Balaban J connectivity index is 2.84. The first-order valence-electron chi connectivity index (χ1n) is 3.55. The molecule has 0 unspecified atom stereocenters. The Morgan fingerprint density at radius 1 is 1.20 bits per heavy atom. The van der Waals surface area contributed by atoms with Gasteiger partial charge in [-0.15, -0.1) is 11.6 Å². The summed E-state index contributed by atoms with van der Waals surface area (Å²) < 4.78 is 0. The number of hydrogen-bond donors (Lipinski definition) is 1. The Kier molecular flexibility index (Phi) is 6.71. The van der Waals surface area contributed by atoms with E-state index in [1.807, 2.05) is 0 Å². The Bertz CT molecular complexity index is 93.6. The van der Waals surface area contributed by atoms with Gasteiger partial charge in [0.05, 0.1) is 0 Å². The molecule has 0 atom stereocenters. The van der Waals surface area contributed by atoms with Crippen molar-refractivity contribution in [3.05, 3.63) is 0 Å². The number of alkyl halides is 1. The van der Waals surface area contributed by atoms with Crippen molar-refractivity contribution in [2.75, 3.05) is 5.88 Å². The predicted octanol–water partition coefficient (Wildman–Crippen LogP) is 2.26. The minimum Gasteiger partial charge on any atom is -0.481 e. The first kappa shape index (κ1) is 9.76. The van der Waals surface area contributed by atoms with E-state index in [0.29, 0.717) is 12.3 Å². The minimum absolute atomic E-state index is 0.294. The van der Waals surface area contributed by atoms with Crippen LogP contribution >= 0.6 is 11.6 Å². The molecule has 0 bridgehead atoms. The number of unbranched alkanes of at least 4 members (excludes halogenated alkanes) is 3. The van der Waals surface area contributed by atoms with Crippen molar-refractivity contribution < 1.29 is 9.90 Å². The third kappa shape index (κ3) is 7.76. The van der Waals surface area contributed by atoms with Crippen LogP contribution in [0, 0.1) is 0 Å². The molecule has 0 aliphatic rings. The van der Waals surface area contributed by atoms with Crippen LogP contribution in [0.5, 0.6) is 0 Å². The maximum absolute atomic E-state index is 10.0. The smallest absolute Gasteiger partial charge is 0.303 e. The zero-order valence-electron chi connectivity index (χ0n) is 5.98. The Morgan fingerprint density at radius 2 is 1.80 bits per heavy atom. The summed E-state index contributed by atoms with van der Waals surface area (Å²) in [6, 6.07) is 0. The van der Waals surface area contributed by atoms with E-state index in [4.69, 9.17) is 16.7 Å². The molecule has 0 heterocycles. The Morgan fingerprint density at radius 3 is 2.30 bits per heavy atom. The Hall–Kier alpha value is -0.240. The van der Waals surface area contributed by atoms with Crippen molar-refractivity contribution in [3.8, 4) is 0 Å². The van der Waals surface area contributed by atoms with Gasteiger partial charge in [-0.2, -0.15) is 0 Å². The molecule has 0 radical (unpaired) electrons. The van der Waals surface area contributed by atoms with E-state index >= 15 is 0 Å². The first-order valence-corrected chi connectivity index (χ1v) is 4.08. The summed E-state index contributed by atoms with van der Waals surface area (Å²) in [5.74, 6) is -0.0153. The molecule has 0 amide bonds. The van der Waals surface area contributed by atoms with E-state index in [0.717, 1.165) is 25.7 Å². The SMILES string of the molecule is O=C(O)CCCCCCCl. The van der Waals surface area contributed by atoms with E-state index < -0.39 is 5.97 Å². The maximum Gasteiger partial charge on any atom is 0.303 e. The summed E-state index contributed by atoms with van der Waals surface area (Å²) in [5, 5.41) is 8.24. The first-order chi connectivity index (χ1) is 4.77. The highest BCUT2D eigenvalue weighted by Crippen LogP contribution is 2.03. The van der Waals surface area contributed by atoms with Crippen LogP contribution in [0.25, 0.3) is 0 Å². The summed E-state index contributed by atoms with van der Waals surface area (Å²) in [6.07, 6.45) is 4.12. The number of carboxylic acid groups (broad SMARTS) is 1. The van der Waals surface area contributed by atoms with Gasteiger partial charge in [-0.3, -0.25) is 4.79 Å². The normalized spacial score (nSPS) is 9.70. The second-order valence-corrected chi connectivity index (χ2v) is 2.62. The molecule has 0 rings (SSSR count). The van der Waals surface area contributed by atoms with Crippen LogP contribution in [0.3, 0.4) is 0 Å². The van der Waals surface area contributed by atoms with Crippen LogP contribution < -0.4 is 0 Å². The van der Waals surface area contributed by atoms with Crippen molar-refractivity contribution >= 4 is 17.6 Å². The fraction of sp³-hybridized carbons (Fsp3) is 0.857. The van der Waals surface area contributed by atoms with Gasteiger partial charge in [-0.25, -0.2) is 0 Å². The quantitative estimate of drug-likeness (QED) is 0.483. The molecule has 2 nitrogen and oxygen atoms in total. The average molecular weight is 165 g/mol. The maximum atomic E-state index is 10.0. The summed E-state index contributed by atoms with van der Waals surface area (Å²) in [5.41, 5.74) is 0. The van der Waals surface area contributed by atoms with Crippen molar-refractivity contribution in [1.29, 1.82) is 0 Å². The van der Waals surface area contributed by atoms with Crippen LogP contribution in [0.1, 0.15) is 32.1 Å². The van der Waals surface area contributed by atoms with Gasteiger partial charge in [0.15, 0.2) is 0 Å². The van der Waals surface area contributed by atoms with Crippen LogP contribution in [0.2, 0.25) is 0 Å². The summed E-state index contributed by atoms with van der Waals surface area (Å²) in [6.45, 7) is 0. The monoisotopic (exact) mass is 164 g/mol. The lowest BCUT2D eigenvalue weighted by Crippen LogP contribution is -1.93. The number of carbonyl (C=O) groups is 1. The van der Waals surface area contributed by atoms with E-state index in [1.54, 1.807) is 0 Å². The Labute approximate surface area is 66.2 Å². The van der Waals surface area contributed by atoms with Gasteiger partial charge in [0.1, 0.15) is 0 Å². The van der Waals surface area contributed by atoms with Gasteiger partial charge in [-0.05, 0) is 12.8 Å². The lowest BCUT2D eigenvalue weighted by atomic mass is 10.2. The predicted molar refractivity (Wildman–Crippen MR) is 41.4 cm³/mol. The van der Waals surface area contributed by atoms with Crippen LogP contribution in [-0.4, -0.2) is 17.0 Å². The second kappa shape index (κ2) is 6.87. The highest BCUT2D eigenvalue weighted by molar-refractivity contribution is 6.17. The highest BCUT2D eigenvalue weighted by Gasteiger charge is 1.94. The van der Waals surface area contributed by atoms with Gasteiger partial charge in [0, 0.05) is 12.3 Å². The molecule has 0 saturated heterocycles. The molecular weight excluding hydrogens is 152 g/mol. The zero-order valence-corrected chi connectivity index (χ0v) is 6.73. The van der Waals surface area contributed by atoms with Crippen LogP contribution in [0.15, 0.2) is 0 Å². The average Bonchev–Trinajstić information content (AvgIpc) is 1.87. The molecule has 10 heavy (non-hydrogen) atoms. The molecule has 0 aromatic rings. The lowest BCUT2D eigenvalue weighted by molar-refractivity contribution is -0.137. The summed E-state index contributed by atoms with van der Waals surface area (Å²) >= 11 is 5.43. The van der Waals surface area contributed by atoms with Crippen molar-refractivity contribution in [2.24, 2.45) is 0 Å². The van der Waals surface area contributed by atoms with E-state index in [1.165, 1.54) is 0 Å². The molecular formula is C7H13ClO2. The van der Waals surface area contributed by atoms with E-state index in [-0.39, 0.29) is 0 Å². The molecule has 1 N–H and O–H groups in total. The third-order valence-electron chi connectivity index (χ3n) is 1.27. The van der Waals surface area contributed by atoms with Crippen molar-refractivity contribution in [1.82, 2.24) is 0 Å². The molecule has 3 heteroatoms. The van der Waals surface area contributed by atoms with Gasteiger partial charge in [0.2, 0.25) is 0 Å². The lowest BCUT2D eigenvalue weighted by Gasteiger charge is -1.94. The van der Waals surface area contributed by atoms with Gasteiger partial charge in [-0.1, -0.05) is 12.8 Å². The standard InChI is InChI=1S/C7H13ClO2/c8-6-4-2-1-3-5-7(9)10/h1-6H2,(H,9,10). The van der Waals surface area contributed by atoms with Crippen molar-refractivity contribution in [3.63, 3.8) is 0 Å². The van der Waals surface area contributed by atoms with E-state index in [2.05, 4.69) is 0 Å². The summed E-state index contributed by atoms with van der Waals surface area (Å²) in [4.78, 5) is 10.0. The van der Waals surface area contributed by atoms with E-state index in [9.17, 15) is 4.79 Å². The fourth-order valence-corrected chi connectivity index (χ4v) is 0.913. The molecule has 0 spiro atoms. The largest absolute Gasteiger partial charge is 0.481 e. The number of aliphatic carboxylic acids is 1. The van der Waals surface area contributed by atoms with Crippen LogP contribution in [-0.2, 0) is 4.79 Å². The van der Waals surface area contributed by atoms with Gasteiger partial charge < -0.3 is 5.11 Å².